The Morgan fingerprint density at radius 3 is 2.85 bits per heavy atom. The zero-order chi connectivity index (χ0) is 9.47. The molecule has 2 saturated heterocycles. The first-order chi connectivity index (χ1) is 6.18. The molecular weight excluding hydrogens is 176 g/mol. The van der Waals surface area contributed by atoms with Crippen molar-refractivity contribution in [2.24, 2.45) is 5.92 Å². The lowest BCUT2D eigenvalue weighted by Gasteiger charge is -2.47. The van der Waals surface area contributed by atoms with E-state index in [1.165, 1.54) is 0 Å². The minimum absolute atomic E-state index is 0.0319. The van der Waals surface area contributed by atoms with Gasteiger partial charge < -0.3 is 4.74 Å². The summed E-state index contributed by atoms with van der Waals surface area (Å²) in [7, 11) is 1.64. The van der Waals surface area contributed by atoms with Gasteiger partial charge in [-0.05, 0) is 12.8 Å². The Labute approximate surface area is 76.9 Å². The SMILES string of the molecule is COC[C@]12CCN1C[C@@H](C(F)F)C2. The Kier molecular flexibility index (Phi) is 2.28. The highest BCUT2D eigenvalue weighted by molar-refractivity contribution is 5.06. The van der Waals surface area contributed by atoms with Crippen molar-refractivity contribution in [2.45, 2.75) is 24.8 Å². The highest BCUT2D eigenvalue weighted by atomic mass is 19.3. The summed E-state index contributed by atoms with van der Waals surface area (Å²) >= 11 is 0. The molecule has 0 radical (unpaired) electrons. The van der Waals surface area contributed by atoms with Gasteiger partial charge in [-0.3, -0.25) is 4.90 Å². The third-order valence-electron chi connectivity index (χ3n) is 3.38. The van der Waals surface area contributed by atoms with E-state index in [0.717, 1.165) is 13.0 Å². The van der Waals surface area contributed by atoms with Gasteiger partial charge in [-0.15, -0.1) is 0 Å². The predicted molar refractivity (Wildman–Crippen MR) is 44.9 cm³/mol. The Morgan fingerprint density at radius 1 is 1.62 bits per heavy atom. The van der Waals surface area contributed by atoms with Crippen molar-refractivity contribution in [2.75, 3.05) is 26.8 Å². The number of alkyl halides is 2. The van der Waals surface area contributed by atoms with Crippen molar-refractivity contribution in [3.05, 3.63) is 0 Å². The lowest BCUT2D eigenvalue weighted by Crippen LogP contribution is -2.58. The van der Waals surface area contributed by atoms with Crippen LogP contribution in [0.2, 0.25) is 0 Å². The van der Waals surface area contributed by atoms with Crippen LogP contribution in [0.25, 0.3) is 0 Å². The van der Waals surface area contributed by atoms with Crippen molar-refractivity contribution < 1.29 is 13.5 Å². The van der Waals surface area contributed by atoms with Crippen LogP contribution >= 0.6 is 0 Å². The fraction of sp³-hybridized carbons (Fsp3) is 1.00. The lowest BCUT2D eigenvalue weighted by molar-refractivity contribution is -0.0340. The first kappa shape index (κ1) is 9.34. The van der Waals surface area contributed by atoms with Crippen LogP contribution in [0.1, 0.15) is 12.8 Å². The second-order valence-electron chi connectivity index (χ2n) is 4.15. The maximum Gasteiger partial charge on any atom is 0.242 e. The number of fused-ring (bicyclic) bond motifs is 1. The second kappa shape index (κ2) is 3.17. The van der Waals surface area contributed by atoms with E-state index < -0.39 is 12.3 Å². The summed E-state index contributed by atoms with van der Waals surface area (Å²) in [6.45, 7) is 2.13. The molecule has 2 fully saturated rings. The van der Waals surface area contributed by atoms with E-state index in [0.29, 0.717) is 19.6 Å². The average Bonchev–Trinajstić information content (AvgIpc) is 2.29. The zero-order valence-electron chi connectivity index (χ0n) is 7.80. The highest BCUT2D eigenvalue weighted by Gasteiger charge is 2.53. The minimum Gasteiger partial charge on any atom is -0.383 e. The fourth-order valence-electron chi connectivity index (χ4n) is 2.60. The molecule has 2 nitrogen and oxygen atoms in total. The van der Waals surface area contributed by atoms with Crippen LogP contribution in [-0.4, -0.2) is 43.7 Å². The van der Waals surface area contributed by atoms with Crippen molar-refractivity contribution >= 4 is 0 Å². The maximum atomic E-state index is 12.5. The molecule has 13 heavy (non-hydrogen) atoms. The molecule has 76 valence electrons. The standard InChI is InChI=1S/C9H15F2NO/c1-13-6-9-2-3-12(9)5-7(4-9)8(10)11/h7-8H,2-6H2,1H3/t7-,9+/m0/s1. The third kappa shape index (κ3) is 1.36. The molecule has 0 spiro atoms. The fourth-order valence-corrected chi connectivity index (χ4v) is 2.60. The van der Waals surface area contributed by atoms with Crippen LogP contribution in [0.3, 0.4) is 0 Å². The number of ether oxygens (including phenoxy) is 1. The summed E-state index contributed by atoms with van der Waals surface area (Å²) in [6.07, 6.45) is -0.540. The summed E-state index contributed by atoms with van der Waals surface area (Å²) in [5.41, 5.74) is -0.0319. The lowest BCUT2D eigenvalue weighted by atomic mass is 9.84. The van der Waals surface area contributed by atoms with E-state index in [-0.39, 0.29) is 5.54 Å². The molecule has 0 N–H and O–H groups in total. The summed E-state index contributed by atoms with van der Waals surface area (Å²) in [6, 6.07) is 0. The summed E-state index contributed by atoms with van der Waals surface area (Å²) in [4.78, 5) is 2.15. The molecule has 0 unspecified atom stereocenters. The number of hydrogen-bond donors (Lipinski definition) is 0. The molecule has 2 heterocycles. The first-order valence-corrected chi connectivity index (χ1v) is 4.70. The van der Waals surface area contributed by atoms with E-state index >= 15 is 0 Å². The molecule has 4 heteroatoms. The molecular formula is C9H15F2NO. The average molecular weight is 191 g/mol. The maximum absolute atomic E-state index is 12.5. The number of nitrogens with zero attached hydrogens (tertiary/aromatic N) is 1. The smallest absolute Gasteiger partial charge is 0.242 e. The van der Waals surface area contributed by atoms with E-state index in [4.69, 9.17) is 4.74 Å². The molecule has 0 aromatic heterocycles. The summed E-state index contributed by atoms with van der Waals surface area (Å²) < 4.78 is 30.0. The van der Waals surface area contributed by atoms with Gasteiger partial charge in [0.1, 0.15) is 0 Å². The van der Waals surface area contributed by atoms with Crippen molar-refractivity contribution in [3.63, 3.8) is 0 Å². The monoisotopic (exact) mass is 191 g/mol. The Morgan fingerprint density at radius 2 is 2.38 bits per heavy atom. The Hall–Kier alpha value is -0.220. The quantitative estimate of drug-likeness (QED) is 0.668. The van der Waals surface area contributed by atoms with E-state index in [1.54, 1.807) is 7.11 Å². The molecule has 2 rings (SSSR count). The molecule has 2 aliphatic rings. The molecule has 0 saturated carbocycles. The molecule has 0 bridgehead atoms. The Bertz CT molecular complexity index is 200. The number of methoxy groups -OCH3 is 1. The van der Waals surface area contributed by atoms with Crippen molar-refractivity contribution in [3.8, 4) is 0 Å². The van der Waals surface area contributed by atoms with Crippen molar-refractivity contribution in [1.82, 2.24) is 4.90 Å². The van der Waals surface area contributed by atoms with E-state index in [1.807, 2.05) is 0 Å². The van der Waals surface area contributed by atoms with Crippen LogP contribution in [0.4, 0.5) is 8.78 Å². The van der Waals surface area contributed by atoms with Gasteiger partial charge in [0.05, 0.1) is 6.61 Å². The van der Waals surface area contributed by atoms with Gasteiger partial charge in [-0.25, -0.2) is 8.78 Å². The molecule has 2 aliphatic heterocycles. The van der Waals surface area contributed by atoms with Gasteiger partial charge in [0.2, 0.25) is 6.43 Å². The van der Waals surface area contributed by atoms with Gasteiger partial charge >= 0.3 is 0 Å². The number of hydrogen-bond acceptors (Lipinski definition) is 2. The normalized spacial score (nSPS) is 39.2. The van der Waals surface area contributed by atoms with Crippen LogP contribution < -0.4 is 0 Å². The molecule has 0 amide bonds. The van der Waals surface area contributed by atoms with Crippen molar-refractivity contribution in [1.29, 1.82) is 0 Å². The highest BCUT2D eigenvalue weighted by Crippen LogP contribution is 2.44. The van der Waals surface area contributed by atoms with Gasteiger partial charge in [0, 0.05) is 31.7 Å². The summed E-state index contributed by atoms with van der Waals surface area (Å²) in [5.74, 6) is -0.433. The number of halogens is 2. The zero-order valence-corrected chi connectivity index (χ0v) is 7.80. The topological polar surface area (TPSA) is 12.5 Å². The molecule has 0 aliphatic carbocycles. The second-order valence-corrected chi connectivity index (χ2v) is 4.15. The summed E-state index contributed by atoms with van der Waals surface area (Å²) in [5, 5.41) is 0. The molecule has 2 atom stereocenters. The van der Waals surface area contributed by atoms with Crippen LogP contribution in [-0.2, 0) is 4.74 Å². The first-order valence-electron chi connectivity index (χ1n) is 4.70. The van der Waals surface area contributed by atoms with Gasteiger partial charge in [0.15, 0.2) is 0 Å². The largest absolute Gasteiger partial charge is 0.383 e. The van der Waals surface area contributed by atoms with Gasteiger partial charge in [-0.2, -0.15) is 0 Å². The van der Waals surface area contributed by atoms with E-state index in [9.17, 15) is 8.78 Å². The van der Waals surface area contributed by atoms with Crippen LogP contribution in [0, 0.1) is 5.92 Å². The Balaban J connectivity index is 2.00. The van der Waals surface area contributed by atoms with E-state index in [2.05, 4.69) is 4.90 Å². The van der Waals surface area contributed by atoms with Crippen LogP contribution in [0.5, 0.6) is 0 Å². The predicted octanol–water partition coefficient (Wildman–Crippen LogP) is 1.36. The van der Waals surface area contributed by atoms with Crippen LogP contribution in [0.15, 0.2) is 0 Å². The molecule has 0 aromatic rings. The third-order valence-corrected chi connectivity index (χ3v) is 3.38. The van der Waals surface area contributed by atoms with Gasteiger partial charge in [-0.1, -0.05) is 0 Å². The number of rotatable bonds is 3. The molecule has 0 aromatic carbocycles. The van der Waals surface area contributed by atoms with Gasteiger partial charge in [0.25, 0.3) is 0 Å². The minimum atomic E-state index is -2.17.